The second kappa shape index (κ2) is 24.2. The minimum absolute atomic E-state index is 0.912. The van der Waals surface area contributed by atoms with Crippen LogP contribution in [0.25, 0.3) is 209 Å². The van der Waals surface area contributed by atoms with E-state index in [1.54, 1.807) is 0 Å². The van der Waals surface area contributed by atoms with Crippen molar-refractivity contribution in [1.82, 2.24) is 18.3 Å². The quantitative estimate of drug-likeness (QED) is 0.140. The minimum Gasteiger partial charge on any atom is -0.456 e. The lowest BCUT2D eigenvalue weighted by Gasteiger charge is -2.13. The van der Waals surface area contributed by atoms with Gasteiger partial charge >= 0.3 is 0 Å². The van der Waals surface area contributed by atoms with Crippen molar-refractivity contribution in [3.8, 4) is 67.3 Å². The van der Waals surface area contributed by atoms with Gasteiger partial charge in [-0.15, -0.1) is 0 Å². The normalized spacial score (nSPS) is 11.9. The molecule has 0 unspecified atom stereocenters. The predicted molar refractivity (Wildman–Crippen MR) is 452 cm³/mol. The van der Waals surface area contributed by atoms with Gasteiger partial charge in [-0.3, -0.25) is 0 Å². The Balaban J connectivity index is 0.000000134. The van der Waals surface area contributed by atoms with Gasteiger partial charge in [-0.25, -0.2) is 0 Å². The Morgan fingerprint density at radius 1 is 0.131 bits per heavy atom. The molecule has 0 saturated carbocycles. The number of rotatable bonds is 8. The SMILES string of the molecule is c1ccc(-n2c3ccccc3c3cc(-c4ccc5c(c4)c4ccccc4n5-c4cccc(-c5ccc6c7ccccc7c7ccccc7c6c5)c4)ccc32)cc1.c1ccc(-n2c3ccccc3c3cc(-c4ccc5c(c4)c4ccccc4n5-c4cccc(-c5ccc6oc7ccccc7c6c5)c4)ccc32)cc1. The molecular formula is C102H64N4O. The molecule has 0 aliphatic rings. The summed E-state index contributed by atoms with van der Waals surface area (Å²) in [6, 6.07) is 141. The van der Waals surface area contributed by atoms with Gasteiger partial charge in [-0.1, -0.05) is 243 Å². The van der Waals surface area contributed by atoms with Crippen molar-refractivity contribution in [3.05, 3.63) is 388 Å². The fraction of sp³-hybridized carbons (Fsp3) is 0. The standard InChI is InChI=1S/C54H34N2.C48H30N2O/c1-2-14-39(15-3-1)55-51-23-10-8-21-46(51)49-33-37(26-29-53(49)55)38-27-30-54-50(34-38)47-22-9-11-24-52(47)56(54)40-16-12-13-35(31-40)36-25-28-45-43-19-5-4-17-41(43)42-18-6-7-20-44(42)48(45)32-36;1-2-12-35(13-3-1)49-43-18-7-4-15-37(43)40-28-32(21-24-45(40)49)33-22-25-46-41(29-33)38-16-5-8-19-44(38)50(46)36-14-10-11-31(27-36)34-23-26-48-42(30-34)39-17-6-9-20-47(39)51-48/h1-34H;1-30H. The van der Waals surface area contributed by atoms with Crippen molar-refractivity contribution < 1.29 is 4.42 Å². The summed E-state index contributed by atoms with van der Waals surface area (Å²) in [5, 5.41) is 20.1. The van der Waals surface area contributed by atoms with Gasteiger partial charge in [0.25, 0.3) is 0 Å². The smallest absolute Gasteiger partial charge is 0.135 e. The number of hydrogen-bond donors (Lipinski definition) is 0. The number of nitrogens with zero attached hydrogens (tertiary/aromatic N) is 4. The summed E-state index contributed by atoms with van der Waals surface area (Å²) >= 11 is 0. The third-order valence-corrected chi connectivity index (χ3v) is 22.4. The number of fused-ring (bicyclic) bond motifs is 21. The van der Waals surface area contributed by atoms with Crippen molar-refractivity contribution >= 4 is 141 Å². The zero-order valence-electron chi connectivity index (χ0n) is 58.1. The molecule has 0 aliphatic carbocycles. The second-order valence-electron chi connectivity index (χ2n) is 28.3. The molecule has 0 aliphatic heterocycles. The van der Waals surface area contributed by atoms with Gasteiger partial charge < -0.3 is 22.7 Å². The van der Waals surface area contributed by atoms with Crippen LogP contribution in [0.4, 0.5) is 0 Å². The molecule has 18 aromatic carbocycles. The van der Waals surface area contributed by atoms with Crippen molar-refractivity contribution in [2.24, 2.45) is 0 Å². The van der Waals surface area contributed by atoms with Crippen LogP contribution in [0.15, 0.2) is 393 Å². The summed E-state index contributed by atoms with van der Waals surface area (Å²) in [5.41, 5.74) is 25.7. The van der Waals surface area contributed by atoms with Crippen molar-refractivity contribution in [2.45, 2.75) is 0 Å². The first-order chi connectivity index (χ1) is 53.1. The molecule has 0 amide bonds. The van der Waals surface area contributed by atoms with E-state index in [4.69, 9.17) is 4.42 Å². The molecule has 0 spiro atoms. The van der Waals surface area contributed by atoms with Gasteiger partial charge in [-0.2, -0.15) is 0 Å². The fourth-order valence-electron chi connectivity index (χ4n) is 17.5. The zero-order valence-corrected chi connectivity index (χ0v) is 58.1. The maximum Gasteiger partial charge on any atom is 0.135 e. The third kappa shape index (κ3) is 9.65. The molecular weight excluding hydrogens is 1300 g/mol. The highest BCUT2D eigenvalue weighted by atomic mass is 16.3. The Morgan fingerprint density at radius 3 is 0.785 bits per heavy atom. The molecule has 0 atom stereocenters. The van der Waals surface area contributed by atoms with E-state index >= 15 is 0 Å². The molecule has 5 heteroatoms. The highest BCUT2D eigenvalue weighted by Gasteiger charge is 2.21. The van der Waals surface area contributed by atoms with E-state index in [9.17, 15) is 0 Å². The van der Waals surface area contributed by atoms with Gasteiger partial charge in [0.15, 0.2) is 0 Å². The maximum absolute atomic E-state index is 6.12. The molecule has 5 aromatic heterocycles. The van der Waals surface area contributed by atoms with Crippen LogP contribution < -0.4 is 0 Å². The summed E-state index contributed by atoms with van der Waals surface area (Å²) in [6.07, 6.45) is 0. The number of aromatic nitrogens is 4. The highest BCUT2D eigenvalue weighted by molar-refractivity contribution is 6.26. The molecule has 107 heavy (non-hydrogen) atoms. The summed E-state index contributed by atoms with van der Waals surface area (Å²) < 4.78 is 15.7. The van der Waals surface area contributed by atoms with Crippen molar-refractivity contribution in [3.63, 3.8) is 0 Å². The lowest BCUT2D eigenvalue weighted by Crippen LogP contribution is -1.94. The Labute approximate surface area is 615 Å². The van der Waals surface area contributed by atoms with E-state index in [1.807, 2.05) is 12.1 Å². The molecule has 498 valence electrons. The molecule has 0 N–H and O–H groups in total. The predicted octanol–water partition coefficient (Wildman–Crippen LogP) is 27.8. The Kier molecular flexibility index (Phi) is 13.6. The van der Waals surface area contributed by atoms with Gasteiger partial charge in [0.1, 0.15) is 11.2 Å². The van der Waals surface area contributed by atoms with Crippen LogP contribution in [0, 0.1) is 0 Å². The van der Waals surface area contributed by atoms with E-state index in [-0.39, 0.29) is 0 Å². The number of benzene rings is 18. The van der Waals surface area contributed by atoms with Gasteiger partial charge in [-0.05, 0) is 222 Å². The van der Waals surface area contributed by atoms with E-state index in [0.717, 1.165) is 33.3 Å². The molecule has 23 aromatic rings. The molecule has 0 radical (unpaired) electrons. The Bertz CT molecular complexity index is 7530. The van der Waals surface area contributed by atoms with Crippen LogP contribution in [0.5, 0.6) is 0 Å². The Hall–Kier alpha value is -14.3. The topological polar surface area (TPSA) is 32.9 Å². The molecule has 23 rings (SSSR count). The third-order valence-electron chi connectivity index (χ3n) is 22.4. The van der Waals surface area contributed by atoms with Crippen molar-refractivity contribution in [1.29, 1.82) is 0 Å². The lowest BCUT2D eigenvalue weighted by molar-refractivity contribution is 0.669. The summed E-state index contributed by atoms with van der Waals surface area (Å²) in [7, 11) is 0. The van der Waals surface area contributed by atoms with Crippen LogP contribution >= 0.6 is 0 Å². The fourth-order valence-corrected chi connectivity index (χ4v) is 17.5. The maximum atomic E-state index is 6.12. The molecule has 5 nitrogen and oxygen atoms in total. The lowest BCUT2D eigenvalue weighted by atomic mass is 9.92. The Morgan fingerprint density at radius 2 is 0.383 bits per heavy atom. The van der Waals surface area contributed by atoms with Crippen LogP contribution in [0.1, 0.15) is 0 Å². The summed E-state index contributed by atoms with van der Waals surface area (Å²) in [5.74, 6) is 0. The molecule has 5 heterocycles. The van der Waals surface area contributed by atoms with Gasteiger partial charge in [0.2, 0.25) is 0 Å². The first-order valence-corrected chi connectivity index (χ1v) is 36.8. The molecule has 0 bridgehead atoms. The molecule has 0 saturated heterocycles. The summed E-state index contributed by atoms with van der Waals surface area (Å²) in [4.78, 5) is 0. The first-order valence-electron chi connectivity index (χ1n) is 36.8. The van der Waals surface area contributed by atoms with Crippen LogP contribution in [-0.2, 0) is 0 Å². The largest absolute Gasteiger partial charge is 0.456 e. The van der Waals surface area contributed by atoms with E-state index in [0.29, 0.717) is 0 Å². The van der Waals surface area contributed by atoms with E-state index in [2.05, 4.69) is 394 Å². The average molecular weight is 1360 g/mol. The average Bonchev–Trinajstić information content (AvgIpc) is 1.73. The minimum atomic E-state index is 0.912. The van der Waals surface area contributed by atoms with Gasteiger partial charge in [0.05, 0.1) is 44.1 Å². The van der Waals surface area contributed by atoms with E-state index in [1.165, 1.54) is 175 Å². The summed E-state index contributed by atoms with van der Waals surface area (Å²) in [6.45, 7) is 0. The van der Waals surface area contributed by atoms with E-state index < -0.39 is 0 Å². The van der Waals surface area contributed by atoms with Crippen molar-refractivity contribution in [2.75, 3.05) is 0 Å². The van der Waals surface area contributed by atoms with Crippen LogP contribution in [0.2, 0.25) is 0 Å². The first kappa shape index (κ1) is 60.3. The number of para-hydroxylation sites is 7. The number of furan rings is 1. The number of hydrogen-bond acceptors (Lipinski definition) is 1. The van der Waals surface area contributed by atoms with Crippen LogP contribution in [-0.4, -0.2) is 18.3 Å². The van der Waals surface area contributed by atoms with Crippen LogP contribution in [0.3, 0.4) is 0 Å². The zero-order chi connectivity index (χ0) is 70.2. The second-order valence-corrected chi connectivity index (χ2v) is 28.3. The monoisotopic (exact) mass is 1360 g/mol. The van der Waals surface area contributed by atoms with Gasteiger partial charge in [0, 0.05) is 76.6 Å². The molecule has 0 fully saturated rings. The highest BCUT2D eigenvalue weighted by Crippen LogP contribution is 2.44.